The molecule has 0 spiro atoms. The highest BCUT2D eigenvalue weighted by atomic mass is 16.7. The number of hydrogen-bond donors (Lipinski definition) is 4. The van der Waals surface area contributed by atoms with Crippen molar-refractivity contribution in [3.63, 3.8) is 0 Å². The SMILES string of the molecule is C=C1O[C@@H]2C(OC)[C@@]1(COC)O[C@H]2C.[B][C@@H]1O[C@@]2(CO)COC1[C@H]2O.[B][C@@H]1O[C@@]2(CO)COCC1[C@H]2O. The molecular formula is C23H36B2O12. The van der Waals surface area contributed by atoms with Crippen LogP contribution in [-0.4, -0.2) is 155 Å². The molecule has 0 saturated carbocycles. The van der Waals surface area contributed by atoms with Crippen LogP contribution in [0.25, 0.3) is 0 Å². The number of aliphatic hydroxyl groups is 4. The van der Waals surface area contributed by atoms with Gasteiger partial charge in [-0.1, -0.05) is 6.58 Å². The highest BCUT2D eigenvalue weighted by Gasteiger charge is 2.64. The van der Waals surface area contributed by atoms with Gasteiger partial charge in [0.05, 0.1) is 51.8 Å². The average Bonchev–Trinajstić information content (AvgIpc) is 3.53. The molecule has 3 unspecified atom stereocenters. The lowest BCUT2D eigenvalue weighted by Crippen LogP contribution is -2.52. The van der Waals surface area contributed by atoms with E-state index in [0.29, 0.717) is 19.0 Å². The maximum Gasteiger partial charge on any atom is 0.177 e. The van der Waals surface area contributed by atoms with Crippen molar-refractivity contribution in [1.82, 2.24) is 0 Å². The Kier molecular flexibility index (Phi) is 8.69. The molecule has 0 aromatic rings. The van der Waals surface area contributed by atoms with Crippen molar-refractivity contribution < 1.29 is 58.3 Å². The first kappa shape index (κ1) is 29.2. The maximum absolute atomic E-state index is 9.68. The van der Waals surface area contributed by atoms with E-state index in [-0.39, 0.29) is 50.7 Å². The van der Waals surface area contributed by atoms with Crippen LogP contribution < -0.4 is 0 Å². The summed E-state index contributed by atoms with van der Waals surface area (Å²) in [5, 5.41) is 37.1. The van der Waals surface area contributed by atoms with Crippen LogP contribution in [0.15, 0.2) is 12.3 Å². The molecule has 6 aliphatic rings. The molecule has 37 heavy (non-hydrogen) atoms. The molecule has 6 fully saturated rings. The first-order chi connectivity index (χ1) is 17.5. The molecule has 6 bridgehead atoms. The minimum Gasteiger partial charge on any atom is -0.487 e. The number of hydrogen-bond acceptors (Lipinski definition) is 12. The zero-order chi connectivity index (χ0) is 27.2. The van der Waals surface area contributed by atoms with Gasteiger partial charge in [-0.25, -0.2) is 0 Å². The van der Waals surface area contributed by atoms with Crippen LogP contribution >= 0.6 is 0 Å². The van der Waals surface area contributed by atoms with Crippen molar-refractivity contribution in [2.75, 3.05) is 53.9 Å². The van der Waals surface area contributed by atoms with E-state index >= 15 is 0 Å². The van der Waals surface area contributed by atoms with Gasteiger partial charge in [0.15, 0.2) is 11.7 Å². The van der Waals surface area contributed by atoms with E-state index in [4.69, 9.17) is 63.8 Å². The normalized spacial score (nSPS) is 50.8. The third-order valence-electron chi connectivity index (χ3n) is 7.97. The van der Waals surface area contributed by atoms with Crippen molar-refractivity contribution in [1.29, 1.82) is 0 Å². The fourth-order valence-corrected chi connectivity index (χ4v) is 5.81. The van der Waals surface area contributed by atoms with Gasteiger partial charge in [-0.3, -0.25) is 0 Å². The van der Waals surface area contributed by atoms with Crippen molar-refractivity contribution in [3.8, 4) is 0 Å². The summed E-state index contributed by atoms with van der Waals surface area (Å²) < 4.78 is 42.7. The van der Waals surface area contributed by atoms with Gasteiger partial charge in [-0.05, 0) is 6.92 Å². The van der Waals surface area contributed by atoms with Crippen LogP contribution in [0.1, 0.15) is 6.92 Å². The molecule has 0 aromatic heterocycles. The third kappa shape index (κ3) is 4.67. The van der Waals surface area contributed by atoms with Gasteiger partial charge < -0.3 is 58.3 Å². The first-order valence-corrected chi connectivity index (χ1v) is 12.2. The van der Waals surface area contributed by atoms with Crippen LogP contribution in [0.4, 0.5) is 0 Å². The zero-order valence-electron chi connectivity index (χ0n) is 21.4. The van der Waals surface area contributed by atoms with E-state index in [9.17, 15) is 10.2 Å². The Morgan fingerprint density at radius 2 is 1.62 bits per heavy atom. The van der Waals surface area contributed by atoms with E-state index < -0.39 is 47.1 Å². The predicted molar refractivity (Wildman–Crippen MR) is 127 cm³/mol. The van der Waals surface area contributed by atoms with Gasteiger partial charge in [0.25, 0.3) is 0 Å². The molecule has 4 radical (unpaired) electrons. The predicted octanol–water partition coefficient (Wildman–Crippen LogP) is -3.03. The van der Waals surface area contributed by atoms with Gasteiger partial charge in [-0.2, -0.15) is 0 Å². The summed E-state index contributed by atoms with van der Waals surface area (Å²) in [5.74, 6) is 0.417. The summed E-state index contributed by atoms with van der Waals surface area (Å²) >= 11 is 0. The Hall–Kier alpha value is -0.770. The topological polar surface area (TPSA) is 155 Å². The lowest BCUT2D eigenvalue weighted by Gasteiger charge is -2.34. The number of aliphatic hydroxyl groups excluding tert-OH is 4. The summed E-state index contributed by atoms with van der Waals surface area (Å²) in [6.07, 6.45) is -2.09. The van der Waals surface area contributed by atoms with E-state index in [1.165, 1.54) is 0 Å². The fraction of sp³-hybridized carbons (Fsp3) is 0.913. The Morgan fingerprint density at radius 3 is 2.11 bits per heavy atom. The standard InChI is InChI=1S/C10H16O4.C7H11BO4.C6H9BO4/c1-6-8-9(12-4)10(14-6,5-11-3)7(2)13-8;8-6-4-1-11-3-7(2-9,12-6)5(4)10;7-5-3-4(9)6(1-8,11-5)2-10-3/h6,8-9H,2,5H2,1,3-4H3;4-6,9-10H,1-3H2;3-5,8-9H,1-2H2/t6-,8-,9?,10-;4?,5-,6-,7+;3?,4-,5-,6+/m011/s1. The maximum atomic E-state index is 9.68. The molecule has 12 atom stereocenters. The Balaban J connectivity index is 0.000000131. The zero-order valence-corrected chi connectivity index (χ0v) is 21.4. The fourth-order valence-electron chi connectivity index (χ4n) is 5.81. The molecular weight excluding hydrogens is 490 g/mol. The second kappa shape index (κ2) is 11.0. The summed E-state index contributed by atoms with van der Waals surface area (Å²) in [5.41, 5.74) is -2.53. The molecule has 6 heterocycles. The molecule has 12 nitrogen and oxygen atoms in total. The summed E-state index contributed by atoms with van der Waals surface area (Å²) in [6.45, 7) is 6.59. The van der Waals surface area contributed by atoms with Gasteiger partial charge >= 0.3 is 0 Å². The molecule has 6 saturated heterocycles. The monoisotopic (exact) mass is 526 g/mol. The van der Waals surface area contributed by atoms with Gasteiger partial charge in [0.2, 0.25) is 0 Å². The van der Waals surface area contributed by atoms with Crippen LogP contribution in [0, 0.1) is 5.92 Å². The van der Waals surface area contributed by atoms with Crippen LogP contribution in [0.2, 0.25) is 0 Å². The second-order valence-corrected chi connectivity index (χ2v) is 10.3. The number of ether oxygens (including phenoxy) is 8. The first-order valence-electron chi connectivity index (χ1n) is 12.2. The van der Waals surface area contributed by atoms with Gasteiger partial charge in [-0.15, -0.1) is 0 Å². The highest BCUT2D eigenvalue weighted by molar-refractivity contribution is 6.12. The quantitative estimate of drug-likeness (QED) is 0.270. The van der Waals surface area contributed by atoms with Crippen molar-refractivity contribution >= 4 is 15.7 Å². The molecule has 0 aromatic carbocycles. The van der Waals surface area contributed by atoms with Crippen molar-refractivity contribution in [2.45, 2.75) is 72.4 Å². The average molecular weight is 526 g/mol. The molecule has 6 aliphatic heterocycles. The smallest absolute Gasteiger partial charge is 0.177 e. The molecule has 6 rings (SSSR count). The summed E-state index contributed by atoms with van der Waals surface area (Å²) in [6, 6.07) is -1.12. The minimum atomic E-state index is -0.970. The number of fused-ring (bicyclic) bond motifs is 6. The lowest BCUT2D eigenvalue weighted by atomic mass is 9.81. The molecule has 14 heteroatoms. The molecule has 4 N–H and O–H groups in total. The van der Waals surface area contributed by atoms with E-state index in [2.05, 4.69) is 6.58 Å². The van der Waals surface area contributed by atoms with Crippen LogP contribution in [0.3, 0.4) is 0 Å². The summed E-state index contributed by atoms with van der Waals surface area (Å²) in [7, 11) is 14.3. The largest absolute Gasteiger partial charge is 0.487 e. The van der Waals surface area contributed by atoms with Crippen molar-refractivity contribution in [3.05, 3.63) is 12.3 Å². The Labute approximate surface area is 218 Å². The number of rotatable bonds is 5. The van der Waals surface area contributed by atoms with Crippen LogP contribution in [-0.2, 0) is 37.9 Å². The van der Waals surface area contributed by atoms with E-state index in [0.717, 1.165) is 0 Å². The molecule has 206 valence electrons. The van der Waals surface area contributed by atoms with Gasteiger partial charge in [0.1, 0.15) is 51.0 Å². The van der Waals surface area contributed by atoms with Crippen molar-refractivity contribution in [2.24, 2.45) is 5.92 Å². The Morgan fingerprint density at radius 1 is 0.973 bits per heavy atom. The van der Waals surface area contributed by atoms with Crippen LogP contribution in [0.5, 0.6) is 0 Å². The highest BCUT2D eigenvalue weighted by Crippen LogP contribution is 2.47. The van der Waals surface area contributed by atoms with Gasteiger partial charge in [0, 0.05) is 32.1 Å². The molecule has 0 aliphatic carbocycles. The number of methoxy groups -OCH3 is 2. The Bertz CT molecular complexity index is 823. The summed E-state index contributed by atoms with van der Waals surface area (Å²) in [4.78, 5) is 0. The second-order valence-electron chi connectivity index (χ2n) is 10.3. The lowest BCUT2D eigenvalue weighted by molar-refractivity contribution is -0.153. The minimum absolute atomic E-state index is 0.0283. The third-order valence-corrected chi connectivity index (χ3v) is 7.97. The van der Waals surface area contributed by atoms with E-state index in [1.54, 1.807) is 14.2 Å². The van der Waals surface area contributed by atoms with E-state index in [1.807, 2.05) is 6.92 Å². The molecule has 0 amide bonds.